The van der Waals surface area contributed by atoms with Crippen LogP contribution in [-0.4, -0.2) is 27.2 Å². The van der Waals surface area contributed by atoms with Crippen molar-refractivity contribution in [3.63, 3.8) is 0 Å². The van der Waals surface area contributed by atoms with Crippen molar-refractivity contribution in [3.05, 3.63) is 77.8 Å². The molecule has 0 spiro atoms. The number of halogens is 1. The maximum absolute atomic E-state index is 12.9. The molecule has 0 saturated heterocycles. The van der Waals surface area contributed by atoms with Crippen LogP contribution in [0.3, 0.4) is 0 Å². The van der Waals surface area contributed by atoms with E-state index in [-0.39, 0.29) is 33.0 Å². The van der Waals surface area contributed by atoms with Gasteiger partial charge in [0.05, 0.1) is 23.6 Å². The Kier molecular flexibility index (Phi) is 7.25. The van der Waals surface area contributed by atoms with Gasteiger partial charge in [0, 0.05) is 10.6 Å². The second-order valence-corrected chi connectivity index (χ2v) is 9.21. The lowest BCUT2D eigenvalue weighted by Crippen LogP contribution is -2.17. The molecule has 0 bridgehead atoms. The predicted molar refractivity (Wildman–Crippen MR) is 121 cm³/mol. The molecular weight excluding hydrogens is 444 g/mol. The number of methoxy groups -OCH3 is 1. The quantitative estimate of drug-likeness (QED) is 0.466. The highest BCUT2D eigenvalue weighted by molar-refractivity contribution is 8.00. The highest BCUT2D eigenvalue weighted by Gasteiger charge is 2.22. The van der Waals surface area contributed by atoms with Crippen LogP contribution >= 0.6 is 23.4 Å². The number of sulfonamides is 1. The summed E-state index contributed by atoms with van der Waals surface area (Å²) in [4.78, 5) is 13.1. The monoisotopic (exact) mass is 462 g/mol. The summed E-state index contributed by atoms with van der Waals surface area (Å²) in [5.41, 5.74) is 0.587. The van der Waals surface area contributed by atoms with Crippen LogP contribution in [0.4, 0.5) is 11.4 Å². The molecule has 6 nitrogen and oxygen atoms in total. The lowest BCUT2D eigenvalue weighted by molar-refractivity contribution is -0.113. The Labute approximate surface area is 184 Å². The van der Waals surface area contributed by atoms with Crippen molar-refractivity contribution in [2.75, 3.05) is 22.9 Å². The number of carbonyl (C=O) groups is 1. The summed E-state index contributed by atoms with van der Waals surface area (Å²) < 4.78 is 33.5. The fourth-order valence-corrected chi connectivity index (χ4v) is 4.81. The minimum absolute atomic E-state index is 0.113. The SMILES string of the molecule is COc1ccc(NC(=O)CSc2ccccc2)cc1S(=O)(=O)Nc1ccccc1Cl. The van der Waals surface area contributed by atoms with Gasteiger partial charge in [-0.15, -0.1) is 11.8 Å². The zero-order valence-corrected chi connectivity index (χ0v) is 18.4. The largest absolute Gasteiger partial charge is 0.495 e. The Morgan fingerprint density at radius 2 is 1.73 bits per heavy atom. The smallest absolute Gasteiger partial charge is 0.265 e. The minimum atomic E-state index is -4.01. The average molecular weight is 463 g/mol. The van der Waals surface area contributed by atoms with Crippen LogP contribution in [0.2, 0.25) is 5.02 Å². The van der Waals surface area contributed by atoms with Gasteiger partial charge in [-0.1, -0.05) is 41.9 Å². The molecule has 0 atom stereocenters. The van der Waals surface area contributed by atoms with E-state index in [0.717, 1.165) is 4.90 Å². The first-order valence-electron chi connectivity index (χ1n) is 8.82. The molecule has 0 fully saturated rings. The zero-order valence-electron chi connectivity index (χ0n) is 16.0. The fourth-order valence-electron chi connectivity index (χ4n) is 2.57. The van der Waals surface area contributed by atoms with E-state index in [2.05, 4.69) is 10.0 Å². The molecule has 0 aliphatic rings. The molecule has 1 amide bonds. The van der Waals surface area contributed by atoms with Crippen molar-refractivity contribution in [1.82, 2.24) is 0 Å². The number of benzene rings is 3. The number of amides is 1. The molecule has 30 heavy (non-hydrogen) atoms. The van der Waals surface area contributed by atoms with Crippen LogP contribution in [0, 0.1) is 0 Å². The standard InChI is InChI=1S/C21H19ClN2O4S2/c1-28-19-12-11-15(23-21(25)14-29-16-7-3-2-4-8-16)13-20(19)30(26,27)24-18-10-6-5-9-17(18)22/h2-13,24H,14H2,1H3,(H,23,25). The van der Waals surface area contributed by atoms with Crippen LogP contribution in [-0.2, 0) is 14.8 Å². The first-order valence-corrected chi connectivity index (χ1v) is 11.7. The van der Waals surface area contributed by atoms with Crippen LogP contribution in [0.1, 0.15) is 0 Å². The number of ether oxygens (including phenoxy) is 1. The molecule has 0 saturated carbocycles. The molecule has 0 unspecified atom stereocenters. The summed E-state index contributed by atoms with van der Waals surface area (Å²) >= 11 is 7.45. The zero-order chi connectivity index (χ0) is 21.6. The molecule has 3 rings (SSSR count). The first-order chi connectivity index (χ1) is 14.4. The third-order valence-electron chi connectivity index (χ3n) is 3.97. The van der Waals surface area contributed by atoms with Gasteiger partial charge >= 0.3 is 0 Å². The van der Waals surface area contributed by atoms with Crippen molar-refractivity contribution < 1.29 is 17.9 Å². The van der Waals surface area contributed by atoms with E-state index in [4.69, 9.17) is 16.3 Å². The number of hydrogen-bond donors (Lipinski definition) is 2. The molecule has 0 aliphatic heterocycles. The van der Waals surface area contributed by atoms with Crippen molar-refractivity contribution in [1.29, 1.82) is 0 Å². The van der Waals surface area contributed by atoms with E-state index < -0.39 is 10.0 Å². The van der Waals surface area contributed by atoms with Gasteiger partial charge in [-0.2, -0.15) is 0 Å². The lowest BCUT2D eigenvalue weighted by Gasteiger charge is -2.14. The fraction of sp³-hybridized carbons (Fsp3) is 0.0952. The molecule has 0 heterocycles. The van der Waals surface area contributed by atoms with Gasteiger partial charge in [0.15, 0.2) is 0 Å². The number of thioether (sulfide) groups is 1. The lowest BCUT2D eigenvalue weighted by atomic mass is 10.3. The van der Waals surface area contributed by atoms with Gasteiger partial charge in [-0.25, -0.2) is 8.42 Å². The van der Waals surface area contributed by atoms with E-state index in [1.807, 2.05) is 30.3 Å². The van der Waals surface area contributed by atoms with Gasteiger partial charge in [-0.3, -0.25) is 9.52 Å². The number of para-hydroxylation sites is 1. The van der Waals surface area contributed by atoms with E-state index in [1.54, 1.807) is 30.3 Å². The molecule has 156 valence electrons. The number of carbonyl (C=O) groups excluding carboxylic acids is 1. The Balaban J connectivity index is 1.77. The average Bonchev–Trinajstić information content (AvgIpc) is 2.74. The van der Waals surface area contributed by atoms with Crippen LogP contribution < -0.4 is 14.8 Å². The number of anilines is 2. The third kappa shape index (κ3) is 5.69. The van der Waals surface area contributed by atoms with Crippen molar-refractivity contribution in [2.24, 2.45) is 0 Å². The van der Waals surface area contributed by atoms with E-state index in [9.17, 15) is 13.2 Å². The minimum Gasteiger partial charge on any atom is -0.495 e. The summed E-state index contributed by atoms with van der Waals surface area (Å²) in [5, 5.41) is 2.98. The highest BCUT2D eigenvalue weighted by atomic mass is 35.5. The summed E-state index contributed by atoms with van der Waals surface area (Å²) in [6.45, 7) is 0. The molecular formula is C21H19ClN2O4S2. The Morgan fingerprint density at radius 1 is 1.03 bits per heavy atom. The maximum atomic E-state index is 12.9. The Morgan fingerprint density at radius 3 is 2.43 bits per heavy atom. The molecule has 0 aliphatic carbocycles. The van der Waals surface area contributed by atoms with E-state index in [0.29, 0.717) is 5.69 Å². The van der Waals surface area contributed by atoms with Crippen LogP contribution in [0.25, 0.3) is 0 Å². The van der Waals surface area contributed by atoms with E-state index in [1.165, 1.54) is 31.0 Å². The number of nitrogens with one attached hydrogen (secondary N) is 2. The Hall–Kier alpha value is -2.68. The normalized spacial score (nSPS) is 11.0. The molecule has 0 radical (unpaired) electrons. The Bertz CT molecular complexity index is 1140. The van der Waals surface area contributed by atoms with Gasteiger partial charge in [0.25, 0.3) is 10.0 Å². The predicted octanol–water partition coefficient (Wildman–Crippen LogP) is 4.88. The van der Waals surface area contributed by atoms with Crippen molar-refractivity contribution in [2.45, 2.75) is 9.79 Å². The van der Waals surface area contributed by atoms with Gasteiger partial charge in [0.1, 0.15) is 10.6 Å². The number of hydrogen-bond acceptors (Lipinski definition) is 5. The molecule has 9 heteroatoms. The van der Waals surface area contributed by atoms with Crippen LogP contribution in [0.15, 0.2) is 82.6 Å². The van der Waals surface area contributed by atoms with Crippen LogP contribution in [0.5, 0.6) is 5.75 Å². The topological polar surface area (TPSA) is 84.5 Å². The summed E-state index contributed by atoms with van der Waals surface area (Å²) in [6.07, 6.45) is 0. The summed E-state index contributed by atoms with van der Waals surface area (Å²) in [7, 11) is -2.63. The molecule has 2 N–H and O–H groups in total. The highest BCUT2D eigenvalue weighted by Crippen LogP contribution is 2.31. The van der Waals surface area contributed by atoms with Gasteiger partial charge < -0.3 is 10.1 Å². The first kappa shape index (κ1) is 22.0. The van der Waals surface area contributed by atoms with Crippen molar-refractivity contribution in [3.8, 4) is 5.75 Å². The van der Waals surface area contributed by atoms with Gasteiger partial charge in [-0.05, 0) is 42.5 Å². The third-order valence-corrected chi connectivity index (χ3v) is 6.70. The maximum Gasteiger partial charge on any atom is 0.265 e. The molecule has 0 aromatic heterocycles. The second kappa shape index (κ2) is 9.88. The van der Waals surface area contributed by atoms with E-state index >= 15 is 0 Å². The molecule has 3 aromatic rings. The second-order valence-electron chi connectivity index (χ2n) is 6.10. The number of rotatable bonds is 8. The van der Waals surface area contributed by atoms with Gasteiger partial charge in [0.2, 0.25) is 5.91 Å². The molecule has 3 aromatic carbocycles. The van der Waals surface area contributed by atoms with Crippen molar-refractivity contribution >= 4 is 50.7 Å². The summed E-state index contributed by atoms with van der Waals surface area (Å²) in [5.74, 6) is 0.0818. The summed E-state index contributed by atoms with van der Waals surface area (Å²) in [6, 6.07) is 20.4.